The summed E-state index contributed by atoms with van der Waals surface area (Å²) in [6.07, 6.45) is 0.390. The van der Waals surface area contributed by atoms with Gasteiger partial charge >= 0.3 is 5.97 Å². The number of carbonyl (C=O) groups is 1. The van der Waals surface area contributed by atoms with Crippen LogP contribution in [0, 0.1) is 12.3 Å². The molecule has 1 heterocycles. The second-order valence-corrected chi connectivity index (χ2v) is 5.60. The van der Waals surface area contributed by atoms with Gasteiger partial charge in [-0.25, -0.2) is 4.98 Å². The fourth-order valence-electron chi connectivity index (χ4n) is 2.14. The molecule has 4 N–H and O–H groups in total. The number of hydrogen-bond acceptors (Lipinski definition) is 3. The Labute approximate surface area is 111 Å². The van der Waals surface area contributed by atoms with E-state index in [2.05, 4.69) is 9.97 Å². The third-order valence-corrected chi connectivity index (χ3v) is 3.36. The van der Waals surface area contributed by atoms with Gasteiger partial charge in [0, 0.05) is 6.04 Å². The molecule has 0 saturated heterocycles. The van der Waals surface area contributed by atoms with Crippen molar-refractivity contribution >= 4 is 17.0 Å². The fourth-order valence-corrected chi connectivity index (χ4v) is 2.14. The van der Waals surface area contributed by atoms with E-state index in [1.165, 1.54) is 0 Å². The van der Waals surface area contributed by atoms with Crippen LogP contribution in [0.2, 0.25) is 0 Å². The van der Waals surface area contributed by atoms with Gasteiger partial charge in [-0.3, -0.25) is 4.79 Å². The van der Waals surface area contributed by atoms with E-state index in [0.29, 0.717) is 6.42 Å². The molecule has 0 radical (unpaired) electrons. The second kappa shape index (κ2) is 4.66. The Balaban J connectivity index is 2.26. The summed E-state index contributed by atoms with van der Waals surface area (Å²) in [4.78, 5) is 18.6. The van der Waals surface area contributed by atoms with Gasteiger partial charge in [-0.15, -0.1) is 0 Å². The number of aryl methyl sites for hydroxylation is 1. The van der Waals surface area contributed by atoms with Crippen molar-refractivity contribution < 1.29 is 9.90 Å². The number of imidazole rings is 1. The van der Waals surface area contributed by atoms with E-state index in [0.717, 1.165) is 22.4 Å². The molecule has 0 aliphatic heterocycles. The first kappa shape index (κ1) is 13.5. The molecular formula is C14H19N3O2. The van der Waals surface area contributed by atoms with E-state index in [-0.39, 0.29) is 6.04 Å². The molecule has 0 aliphatic carbocycles. The predicted octanol–water partition coefficient (Wildman–Crippen LogP) is 2.37. The van der Waals surface area contributed by atoms with Gasteiger partial charge in [0.05, 0.1) is 16.4 Å². The van der Waals surface area contributed by atoms with Crippen LogP contribution in [0.25, 0.3) is 11.0 Å². The molecule has 0 spiro atoms. The number of nitrogens with two attached hydrogens (primary N) is 1. The number of hydrogen-bond donors (Lipinski definition) is 3. The maximum atomic E-state index is 11.1. The predicted molar refractivity (Wildman–Crippen MR) is 73.8 cm³/mol. The summed E-state index contributed by atoms with van der Waals surface area (Å²) in [5.41, 5.74) is 8.03. The summed E-state index contributed by atoms with van der Waals surface area (Å²) in [7, 11) is 0. The third-order valence-electron chi connectivity index (χ3n) is 3.36. The quantitative estimate of drug-likeness (QED) is 0.787. The lowest BCUT2D eigenvalue weighted by Gasteiger charge is -2.23. The number of carboxylic acid groups (broad SMARTS) is 1. The molecule has 1 aromatic heterocycles. The van der Waals surface area contributed by atoms with E-state index >= 15 is 0 Å². The van der Waals surface area contributed by atoms with Crippen molar-refractivity contribution in [2.24, 2.45) is 11.1 Å². The van der Waals surface area contributed by atoms with Crippen LogP contribution >= 0.6 is 0 Å². The van der Waals surface area contributed by atoms with Crippen molar-refractivity contribution in [3.8, 4) is 0 Å². The van der Waals surface area contributed by atoms with Gasteiger partial charge in [0.25, 0.3) is 0 Å². The summed E-state index contributed by atoms with van der Waals surface area (Å²) in [5, 5.41) is 9.14. The van der Waals surface area contributed by atoms with Crippen LogP contribution < -0.4 is 5.73 Å². The lowest BCUT2D eigenvalue weighted by Crippen LogP contribution is -2.28. The molecule has 1 unspecified atom stereocenters. The molecule has 0 fully saturated rings. The number of benzene rings is 1. The number of aromatic nitrogens is 2. The molecule has 5 heteroatoms. The summed E-state index contributed by atoms with van der Waals surface area (Å²) in [6, 6.07) is 5.45. The average Bonchev–Trinajstić information content (AvgIpc) is 2.66. The van der Waals surface area contributed by atoms with Gasteiger partial charge in [0.15, 0.2) is 0 Å². The van der Waals surface area contributed by atoms with Crippen LogP contribution in [0.3, 0.4) is 0 Å². The van der Waals surface area contributed by atoms with Crippen molar-refractivity contribution in [1.29, 1.82) is 0 Å². The first-order valence-corrected chi connectivity index (χ1v) is 6.25. The molecule has 1 aromatic carbocycles. The minimum atomic E-state index is -0.835. The minimum absolute atomic E-state index is 0.306. The molecule has 2 aromatic rings. The zero-order valence-electron chi connectivity index (χ0n) is 11.4. The Kier molecular flexibility index (Phi) is 3.32. The Hall–Kier alpha value is -1.88. The van der Waals surface area contributed by atoms with Gasteiger partial charge < -0.3 is 15.8 Å². The topological polar surface area (TPSA) is 92.0 Å². The molecule has 0 saturated carbocycles. The molecular weight excluding hydrogens is 242 g/mol. The van der Waals surface area contributed by atoms with Gasteiger partial charge in [-0.05, 0) is 44.9 Å². The average molecular weight is 261 g/mol. The molecule has 2 rings (SSSR count). The number of H-pyrrole nitrogens is 1. The lowest BCUT2D eigenvalue weighted by molar-refractivity contribution is -0.147. The van der Waals surface area contributed by atoms with Gasteiger partial charge in [0.2, 0.25) is 0 Å². The molecule has 0 amide bonds. The van der Waals surface area contributed by atoms with Gasteiger partial charge in [-0.2, -0.15) is 0 Å². The van der Waals surface area contributed by atoms with Crippen LogP contribution in [-0.4, -0.2) is 21.0 Å². The third kappa shape index (κ3) is 2.76. The molecule has 0 bridgehead atoms. The van der Waals surface area contributed by atoms with Crippen molar-refractivity contribution in [1.82, 2.24) is 9.97 Å². The lowest BCUT2D eigenvalue weighted by atomic mass is 9.84. The number of aromatic amines is 1. The molecule has 0 aliphatic rings. The molecule has 19 heavy (non-hydrogen) atoms. The number of aliphatic carboxylic acids is 1. The highest BCUT2D eigenvalue weighted by Gasteiger charge is 2.30. The Bertz CT molecular complexity index is 616. The van der Waals surface area contributed by atoms with E-state index in [9.17, 15) is 4.79 Å². The Morgan fingerprint density at radius 2 is 2.21 bits per heavy atom. The summed E-state index contributed by atoms with van der Waals surface area (Å²) < 4.78 is 0. The summed E-state index contributed by atoms with van der Waals surface area (Å²) in [5.74, 6) is 0.0213. The second-order valence-electron chi connectivity index (χ2n) is 5.60. The SMILES string of the molecule is Cc1nc2ccc(C(N)CC(C)(C)C(=O)O)cc2[nH]1. The number of nitrogens with zero attached hydrogens (tertiary/aromatic N) is 1. The van der Waals surface area contributed by atoms with E-state index < -0.39 is 11.4 Å². The minimum Gasteiger partial charge on any atom is -0.481 e. The number of nitrogens with one attached hydrogen (secondary N) is 1. The summed E-state index contributed by atoms with van der Waals surface area (Å²) in [6.45, 7) is 5.27. The van der Waals surface area contributed by atoms with Crippen LogP contribution in [0.1, 0.15) is 37.7 Å². The Morgan fingerprint density at radius 1 is 1.53 bits per heavy atom. The van der Waals surface area contributed by atoms with Crippen LogP contribution in [0.5, 0.6) is 0 Å². The maximum absolute atomic E-state index is 11.1. The number of fused-ring (bicyclic) bond motifs is 1. The standard InChI is InChI=1S/C14H19N3O2/c1-8-16-11-5-4-9(6-12(11)17-8)10(15)7-14(2,3)13(18)19/h4-6,10H,7,15H2,1-3H3,(H,16,17)(H,18,19). The molecule has 5 nitrogen and oxygen atoms in total. The highest BCUT2D eigenvalue weighted by atomic mass is 16.4. The first-order chi connectivity index (χ1) is 8.79. The van der Waals surface area contributed by atoms with Gasteiger partial charge in [0.1, 0.15) is 5.82 Å². The Morgan fingerprint density at radius 3 is 2.84 bits per heavy atom. The largest absolute Gasteiger partial charge is 0.481 e. The van der Waals surface area contributed by atoms with Crippen LogP contribution in [0.15, 0.2) is 18.2 Å². The smallest absolute Gasteiger partial charge is 0.309 e. The van der Waals surface area contributed by atoms with Crippen molar-refractivity contribution in [3.05, 3.63) is 29.6 Å². The number of rotatable bonds is 4. The molecule has 102 valence electrons. The first-order valence-electron chi connectivity index (χ1n) is 6.25. The molecule has 1 atom stereocenters. The van der Waals surface area contributed by atoms with Gasteiger partial charge in [-0.1, -0.05) is 6.07 Å². The monoisotopic (exact) mass is 261 g/mol. The highest BCUT2D eigenvalue weighted by molar-refractivity contribution is 5.76. The normalized spacial score (nSPS) is 13.7. The van der Waals surface area contributed by atoms with E-state index in [1.54, 1.807) is 13.8 Å². The van der Waals surface area contributed by atoms with Crippen molar-refractivity contribution in [2.75, 3.05) is 0 Å². The van der Waals surface area contributed by atoms with E-state index in [4.69, 9.17) is 10.8 Å². The number of carboxylic acids is 1. The van der Waals surface area contributed by atoms with Crippen molar-refractivity contribution in [2.45, 2.75) is 33.2 Å². The zero-order valence-corrected chi connectivity index (χ0v) is 11.4. The van der Waals surface area contributed by atoms with Crippen LogP contribution in [0.4, 0.5) is 0 Å². The van der Waals surface area contributed by atoms with Crippen molar-refractivity contribution in [3.63, 3.8) is 0 Å². The highest BCUT2D eigenvalue weighted by Crippen LogP contribution is 2.29. The summed E-state index contributed by atoms with van der Waals surface area (Å²) >= 11 is 0. The van der Waals surface area contributed by atoms with E-state index in [1.807, 2.05) is 25.1 Å². The zero-order chi connectivity index (χ0) is 14.2. The fraction of sp³-hybridized carbons (Fsp3) is 0.429. The maximum Gasteiger partial charge on any atom is 0.309 e. The van der Waals surface area contributed by atoms with Crippen LogP contribution in [-0.2, 0) is 4.79 Å².